The lowest BCUT2D eigenvalue weighted by atomic mass is 9.87. The van der Waals surface area contributed by atoms with Crippen LogP contribution in [0.1, 0.15) is 66.6 Å². The Bertz CT molecular complexity index is 418. The third-order valence-electron chi connectivity index (χ3n) is 3.88. The van der Waals surface area contributed by atoms with Gasteiger partial charge in [-0.05, 0) is 56.4 Å². The fourth-order valence-corrected chi connectivity index (χ4v) is 2.42. The fourth-order valence-electron chi connectivity index (χ4n) is 2.42. The summed E-state index contributed by atoms with van der Waals surface area (Å²) in [5, 5.41) is 0. The zero-order valence-corrected chi connectivity index (χ0v) is 12.5. The minimum Gasteiger partial charge on any atom is -0.294 e. The molecule has 0 spiro atoms. The summed E-state index contributed by atoms with van der Waals surface area (Å²) >= 11 is 0. The van der Waals surface area contributed by atoms with Crippen molar-refractivity contribution in [2.45, 2.75) is 60.3 Å². The van der Waals surface area contributed by atoms with Crippen molar-refractivity contribution in [3.8, 4) is 0 Å². The van der Waals surface area contributed by atoms with Crippen LogP contribution < -0.4 is 0 Å². The van der Waals surface area contributed by atoms with Crippen molar-refractivity contribution in [1.82, 2.24) is 0 Å². The molecule has 1 rings (SSSR count). The van der Waals surface area contributed by atoms with Gasteiger partial charge in [0.15, 0.2) is 5.78 Å². The minimum atomic E-state index is 0.200. The van der Waals surface area contributed by atoms with Gasteiger partial charge in [-0.25, -0.2) is 0 Å². The normalized spacial score (nSPS) is 12.5. The lowest BCUT2D eigenvalue weighted by molar-refractivity contribution is 0.0907. The average Bonchev–Trinajstić information content (AvgIpc) is 2.34. The van der Waals surface area contributed by atoms with E-state index in [9.17, 15) is 4.79 Å². The van der Waals surface area contributed by atoms with E-state index in [1.165, 1.54) is 11.1 Å². The average molecular weight is 246 g/mol. The zero-order chi connectivity index (χ0) is 13.7. The molecule has 0 amide bonds. The number of unbranched alkanes of at least 4 members (excludes halogenated alkanes) is 1. The van der Waals surface area contributed by atoms with Crippen LogP contribution in [-0.2, 0) is 0 Å². The first-order valence-corrected chi connectivity index (χ1v) is 7.13. The van der Waals surface area contributed by atoms with E-state index < -0.39 is 0 Å². The summed E-state index contributed by atoms with van der Waals surface area (Å²) in [6.07, 6.45) is 4.28. The van der Waals surface area contributed by atoms with E-state index >= 15 is 0 Å². The minimum absolute atomic E-state index is 0.200. The second kappa shape index (κ2) is 6.72. The van der Waals surface area contributed by atoms with E-state index in [-0.39, 0.29) is 5.92 Å². The van der Waals surface area contributed by atoms with Gasteiger partial charge in [0.2, 0.25) is 0 Å². The van der Waals surface area contributed by atoms with Crippen molar-refractivity contribution < 1.29 is 4.79 Å². The van der Waals surface area contributed by atoms with Crippen LogP contribution in [0.2, 0.25) is 0 Å². The predicted molar refractivity (Wildman–Crippen MR) is 78.3 cm³/mol. The number of benzene rings is 1. The molecule has 1 nitrogen and oxygen atoms in total. The molecule has 0 bridgehead atoms. The summed E-state index contributed by atoms with van der Waals surface area (Å²) in [4.78, 5) is 12.6. The van der Waals surface area contributed by atoms with Crippen molar-refractivity contribution in [3.05, 3.63) is 34.4 Å². The van der Waals surface area contributed by atoms with Gasteiger partial charge in [0, 0.05) is 11.5 Å². The van der Waals surface area contributed by atoms with Crippen LogP contribution in [0.4, 0.5) is 0 Å². The van der Waals surface area contributed by atoms with E-state index in [0.717, 1.165) is 36.8 Å². The van der Waals surface area contributed by atoms with Crippen LogP contribution >= 0.6 is 0 Å². The van der Waals surface area contributed by atoms with Crippen LogP contribution in [0.5, 0.6) is 0 Å². The van der Waals surface area contributed by atoms with E-state index in [0.29, 0.717) is 5.78 Å². The van der Waals surface area contributed by atoms with Gasteiger partial charge < -0.3 is 0 Å². The molecule has 1 aromatic rings. The smallest absolute Gasteiger partial charge is 0.166 e. The number of aryl methyl sites for hydroxylation is 3. The molecule has 0 heterocycles. The van der Waals surface area contributed by atoms with Gasteiger partial charge in [-0.1, -0.05) is 32.8 Å². The molecule has 1 unspecified atom stereocenters. The Kier molecular flexibility index (Phi) is 5.58. The van der Waals surface area contributed by atoms with Crippen molar-refractivity contribution in [2.75, 3.05) is 0 Å². The number of hydrogen-bond acceptors (Lipinski definition) is 1. The number of ketones is 1. The van der Waals surface area contributed by atoms with Crippen molar-refractivity contribution in [2.24, 2.45) is 5.92 Å². The molecule has 0 saturated heterocycles. The maximum Gasteiger partial charge on any atom is 0.166 e. The molecule has 1 aromatic carbocycles. The van der Waals surface area contributed by atoms with Gasteiger partial charge in [-0.15, -0.1) is 0 Å². The third-order valence-corrected chi connectivity index (χ3v) is 3.88. The molecule has 0 aromatic heterocycles. The molecule has 1 heteroatoms. The lowest BCUT2D eigenvalue weighted by Gasteiger charge is -2.16. The molecule has 0 aliphatic rings. The Morgan fingerprint density at radius 1 is 1.06 bits per heavy atom. The molecule has 0 radical (unpaired) electrons. The lowest BCUT2D eigenvalue weighted by Crippen LogP contribution is -2.15. The third kappa shape index (κ3) is 3.44. The zero-order valence-electron chi connectivity index (χ0n) is 12.5. The Balaban J connectivity index is 2.98. The SMILES string of the molecule is CCCCC(CC)C(=O)c1cc(C)c(C)cc1C. The van der Waals surface area contributed by atoms with E-state index in [4.69, 9.17) is 0 Å². The highest BCUT2D eigenvalue weighted by atomic mass is 16.1. The molecule has 18 heavy (non-hydrogen) atoms. The van der Waals surface area contributed by atoms with Crippen LogP contribution in [0.3, 0.4) is 0 Å². The number of carbonyl (C=O) groups excluding carboxylic acids is 1. The van der Waals surface area contributed by atoms with E-state index in [1.54, 1.807) is 0 Å². The molecular formula is C17H26O. The van der Waals surface area contributed by atoms with Gasteiger partial charge in [0.05, 0.1) is 0 Å². The first-order chi connectivity index (χ1) is 8.51. The highest BCUT2D eigenvalue weighted by Gasteiger charge is 2.19. The Morgan fingerprint density at radius 3 is 2.22 bits per heavy atom. The first kappa shape index (κ1) is 14.9. The summed E-state index contributed by atoms with van der Waals surface area (Å²) in [6.45, 7) is 10.5. The summed E-state index contributed by atoms with van der Waals surface area (Å²) in [5.41, 5.74) is 4.54. The second-order valence-electron chi connectivity index (χ2n) is 5.36. The topological polar surface area (TPSA) is 17.1 Å². The van der Waals surface area contributed by atoms with Gasteiger partial charge in [0.1, 0.15) is 0 Å². The molecule has 0 aliphatic heterocycles. The standard InChI is InChI=1S/C17H26O/c1-6-8-9-15(7-2)17(18)16-11-13(4)12(3)10-14(16)5/h10-11,15H,6-9H2,1-5H3. The van der Waals surface area contributed by atoms with Crippen LogP contribution in [0.15, 0.2) is 12.1 Å². The second-order valence-corrected chi connectivity index (χ2v) is 5.36. The molecular weight excluding hydrogens is 220 g/mol. The van der Waals surface area contributed by atoms with Gasteiger partial charge in [0.25, 0.3) is 0 Å². The van der Waals surface area contributed by atoms with E-state index in [2.05, 4.69) is 39.8 Å². The molecule has 0 saturated carbocycles. The number of hydrogen-bond donors (Lipinski definition) is 0. The molecule has 0 aliphatic carbocycles. The predicted octanol–water partition coefficient (Wildman–Crippen LogP) is 5.01. The van der Waals surface area contributed by atoms with Gasteiger partial charge in [-0.3, -0.25) is 4.79 Å². The highest BCUT2D eigenvalue weighted by molar-refractivity contribution is 5.99. The van der Waals surface area contributed by atoms with E-state index in [1.807, 2.05) is 6.92 Å². The summed E-state index contributed by atoms with van der Waals surface area (Å²) in [6, 6.07) is 4.21. The van der Waals surface area contributed by atoms with Gasteiger partial charge >= 0.3 is 0 Å². The highest BCUT2D eigenvalue weighted by Crippen LogP contribution is 2.23. The summed E-state index contributed by atoms with van der Waals surface area (Å²) < 4.78 is 0. The summed E-state index contributed by atoms with van der Waals surface area (Å²) in [7, 11) is 0. The monoisotopic (exact) mass is 246 g/mol. The number of rotatable bonds is 6. The Hall–Kier alpha value is -1.11. The maximum absolute atomic E-state index is 12.6. The molecule has 1 atom stereocenters. The first-order valence-electron chi connectivity index (χ1n) is 7.13. The number of carbonyl (C=O) groups is 1. The van der Waals surface area contributed by atoms with Crippen LogP contribution in [0.25, 0.3) is 0 Å². The van der Waals surface area contributed by atoms with Crippen LogP contribution in [0, 0.1) is 26.7 Å². The molecule has 0 N–H and O–H groups in total. The Labute approximate surface area is 112 Å². The Morgan fingerprint density at radius 2 is 1.67 bits per heavy atom. The van der Waals surface area contributed by atoms with Crippen LogP contribution in [-0.4, -0.2) is 5.78 Å². The summed E-state index contributed by atoms with van der Waals surface area (Å²) in [5.74, 6) is 0.539. The van der Waals surface area contributed by atoms with Crippen molar-refractivity contribution >= 4 is 5.78 Å². The molecule has 0 fully saturated rings. The fraction of sp³-hybridized carbons (Fsp3) is 0.588. The quantitative estimate of drug-likeness (QED) is 0.645. The molecule has 100 valence electrons. The maximum atomic E-state index is 12.6. The number of Topliss-reactive ketones (excluding diaryl/α,β-unsaturated/α-hetero) is 1. The largest absolute Gasteiger partial charge is 0.294 e. The van der Waals surface area contributed by atoms with Gasteiger partial charge in [-0.2, -0.15) is 0 Å². The van der Waals surface area contributed by atoms with Crippen molar-refractivity contribution in [1.29, 1.82) is 0 Å². The van der Waals surface area contributed by atoms with Crippen molar-refractivity contribution in [3.63, 3.8) is 0 Å².